The maximum atomic E-state index is 11.6. The molecule has 0 aliphatic rings. The number of ether oxygens (including phenoxy) is 1. The molecule has 1 aromatic carbocycles. The van der Waals surface area contributed by atoms with Crippen LogP contribution >= 0.6 is 0 Å². The molecule has 5 heteroatoms. The molecule has 17 heavy (non-hydrogen) atoms. The normalized spacial score (nSPS) is 13.1. The fourth-order valence-corrected chi connectivity index (χ4v) is 2.39. The molecule has 0 saturated heterocycles. The van der Waals surface area contributed by atoms with Crippen LogP contribution in [0.15, 0.2) is 30.3 Å². The van der Waals surface area contributed by atoms with E-state index in [4.69, 9.17) is 4.74 Å². The van der Waals surface area contributed by atoms with E-state index >= 15 is 0 Å². The lowest BCUT2D eigenvalue weighted by Crippen LogP contribution is -2.33. The van der Waals surface area contributed by atoms with Crippen molar-refractivity contribution in [2.75, 3.05) is 12.9 Å². The van der Waals surface area contributed by atoms with Crippen molar-refractivity contribution >= 4 is 15.8 Å². The first-order valence-corrected chi connectivity index (χ1v) is 7.30. The Morgan fingerprint density at radius 1 is 1.29 bits per heavy atom. The number of rotatable bonds is 5. The summed E-state index contributed by atoms with van der Waals surface area (Å²) >= 11 is 0. The highest BCUT2D eigenvalue weighted by molar-refractivity contribution is 7.92. The minimum absolute atomic E-state index is 0.151. The minimum Gasteiger partial charge on any atom is -0.465 e. The minimum atomic E-state index is -3.46. The van der Waals surface area contributed by atoms with Gasteiger partial charge in [-0.2, -0.15) is 0 Å². The number of sulfone groups is 1. The third-order valence-electron chi connectivity index (χ3n) is 2.33. The van der Waals surface area contributed by atoms with Crippen LogP contribution in [0.3, 0.4) is 0 Å². The highest BCUT2D eigenvalue weighted by atomic mass is 32.2. The fraction of sp³-hybridized carbons (Fsp3) is 0.417. The average Bonchev–Trinajstić information content (AvgIpc) is 2.26. The van der Waals surface area contributed by atoms with Crippen molar-refractivity contribution in [3.05, 3.63) is 35.9 Å². The Bertz CT molecular complexity index is 465. The second-order valence-electron chi connectivity index (χ2n) is 3.76. The average molecular weight is 256 g/mol. The van der Waals surface area contributed by atoms with Gasteiger partial charge in [-0.25, -0.2) is 8.42 Å². The van der Waals surface area contributed by atoms with Gasteiger partial charge in [0.05, 0.1) is 6.61 Å². The molecule has 1 unspecified atom stereocenters. The Morgan fingerprint density at radius 2 is 1.88 bits per heavy atom. The monoisotopic (exact) mass is 256 g/mol. The lowest BCUT2D eigenvalue weighted by Gasteiger charge is -2.13. The van der Waals surface area contributed by atoms with E-state index in [1.54, 1.807) is 31.2 Å². The first kappa shape index (κ1) is 13.7. The van der Waals surface area contributed by atoms with Crippen molar-refractivity contribution in [2.24, 2.45) is 0 Å². The number of hydrogen-bond donors (Lipinski definition) is 0. The fourth-order valence-electron chi connectivity index (χ4n) is 1.47. The summed E-state index contributed by atoms with van der Waals surface area (Å²) in [7, 11) is -3.46. The molecule has 1 aromatic rings. The molecule has 4 nitrogen and oxygen atoms in total. The molecule has 0 spiro atoms. The van der Waals surface area contributed by atoms with Gasteiger partial charge in [-0.05, 0) is 18.9 Å². The van der Waals surface area contributed by atoms with Gasteiger partial charge in [0.1, 0.15) is 0 Å². The van der Waals surface area contributed by atoms with E-state index in [9.17, 15) is 13.2 Å². The summed E-state index contributed by atoms with van der Waals surface area (Å²) in [6, 6.07) is 9.03. The summed E-state index contributed by atoms with van der Waals surface area (Å²) in [5, 5.41) is -1.12. The molecule has 0 aromatic heterocycles. The predicted molar refractivity (Wildman–Crippen MR) is 65.4 cm³/mol. The lowest BCUT2D eigenvalue weighted by atomic mass is 10.1. The number of hydrogen-bond acceptors (Lipinski definition) is 4. The van der Waals surface area contributed by atoms with Crippen LogP contribution in [0.1, 0.15) is 12.5 Å². The van der Waals surface area contributed by atoms with Crippen molar-refractivity contribution in [2.45, 2.75) is 18.6 Å². The van der Waals surface area contributed by atoms with E-state index in [-0.39, 0.29) is 13.0 Å². The van der Waals surface area contributed by atoms with Crippen LogP contribution in [0.2, 0.25) is 0 Å². The second kappa shape index (κ2) is 5.82. The second-order valence-corrected chi connectivity index (χ2v) is 5.99. The maximum absolute atomic E-state index is 11.6. The highest BCUT2D eigenvalue weighted by Crippen LogP contribution is 2.11. The molecule has 0 saturated carbocycles. The van der Waals surface area contributed by atoms with Crippen LogP contribution in [0.25, 0.3) is 0 Å². The zero-order valence-electron chi connectivity index (χ0n) is 9.92. The molecule has 0 fully saturated rings. The highest BCUT2D eigenvalue weighted by Gasteiger charge is 2.30. The molecule has 0 N–H and O–H groups in total. The van der Waals surface area contributed by atoms with Crippen molar-refractivity contribution in [1.29, 1.82) is 0 Å². The van der Waals surface area contributed by atoms with Crippen LogP contribution in [0, 0.1) is 0 Å². The SMILES string of the molecule is CCOC(=O)C(Cc1ccccc1)S(C)(=O)=O. The van der Waals surface area contributed by atoms with Gasteiger partial charge in [-0.15, -0.1) is 0 Å². The molecule has 0 radical (unpaired) electrons. The summed E-state index contributed by atoms with van der Waals surface area (Å²) in [6.07, 6.45) is 1.20. The Balaban J connectivity index is 2.90. The predicted octanol–water partition coefficient (Wildman–Crippen LogP) is 1.21. The number of benzene rings is 1. The third-order valence-corrected chi connectivity index (χ3v) is 3.72. The molecular weight excluding hydrogens is 240 g/mol. The van der Waals surface area contributed by atoms with Gasteiger partial charge in [-0.3, -0.25) is 4.79 Å². The topological polar surface area (TPSA) is 60.4 Å². The Morgan fingerprint density at radius 3 is 2.35 bits per heavy atom. The quantitative estimate of drug-likeness (QED) is 0.743. The van der Waals surface area contributed by atoms with Gasteiger partial charge in [0.25, 0.3) is 0 Å². The summed E-state index contributed by atoms with van der Waals surface area (Å²) in [5.41, 5.74) is 0.802. The molecule has 0 aliphatic carbocycles. The molecular formula is C12H16O4S. The summed E-state index contributed by atoms with van der Waals surface area (Å²) in [4.78, 5) is 11.6. The van der Waals surface area contributed by atoms with Crippen LogP contribution in [0.4, 0.5) is 0 Å². The van der Waals surface area contributed by atoms with Gasteiger partial charge >= 0.3 is 5.97 Å². The lowest BCUT2D eigenvalue weighted by molar-refractivity contribution is -0.142. The number of carbonyl (C=O) groups is 1. The number of carbonyl (C=O) groups excluding carboxylic acids is 1. The van der Waals surface area contributed by atoms with Gasteiger partial charge in [-0.1, -0.05) is 30.3 Å². The van der Waals surface area contributed by atoms with Crippen LogP contribution in [0.5, 0.6) is 0 Å². The van der Waals surface area contributed by atoms with Crippen molar-refractivity contribution in [1.82, 2.24) is 0 Å². The standard InChI is InChI=1S/C12H16O4S/c1-3-16-12(13)11(17(2,14)15)9-10-7-5-4-6-8-10/h4-8,11H,3,9H2,1-2H3. The van der Waals surface area contributed by atoms with E-state index in [0.717, 1.165) is 11.8 Å². The number of esters is 1. The molecule has 94 valence electrons. The molecule has 0 aliphatic heterocycles. The molecule has 0 bridgehead atoms. The smallest absolute Gasteiger partial charge is 0.324 e. The molecule has 0 heterocycles. The van der Waals surface area contributed by atoms with Crippen molar-refractivity contribution in [3.63, 3.8) is 0 Å². The Labute approximate surface area is 102 Å². The third kappa shape index (κ3) is 4.19. The van der Waals surface area contributed by atoms with Gasteiger partial charge < -0.3 is 4.74 Å². The van der Waals surface area contributed by atoms with E-state index in [1.165, 1.54) is 0 Å². The Kier molecular flexibility index (Phi) is 4.69. The molecule has 1 atom stereocenters. The van der Waals surface area contributed by atoms with E-state index in [0.29, 0.717) is 0 Å². The van der Waals surface area contributed by atoms with Gasteiger partial charge in [0.2, 0.25) is 0 Å². The molecule has 1 rings (SSSR count). The van der Waals surface area contributed by atoms with E-state index < -0.39 is 21.1 Å². The van der Waals surface area contributed by atoms with Crippen molar-refractivity contribution in [3.8, 4) is 0 Å². The van der Waals surface area contributed by atoms with E-state index in [1.807, 2.05) is 6.07 Å². The van der Waals surface area contributed by atoms with Crippen molar-refractivity contribution < 1.29 is 17.9 Å². The maximum Gasteiger partial charge on any atom is 0.324 e. The largest absolute Gasteiger partial charge is 0.465 e. The van der Waals surface area contributed by atoms with Gasteiger partial charge in [0, 0.05) is 6.26 Å². The zero-order valence-corrected chi connectivity index (χ0v) is 10.7. The first-order valence-electron chi connectivity index (χ1n) is 5.34. The van der Waals surface area contributed by atoms with Crippen LogP contribution < -0.4 is 0 Å². The zero-order chi connectivity index (χ0) is 12.9. The summed E-state index contributed by atoms with van der Waals surface area (Å²) in [6.45, 7) is 1.83. The first-order chi connectivity index (χ1) is 7.95. The van der Waals surface area contributed by atoms with Crippen LogP contribution in [-0.2, 0) is 25.8 Å². The summed E-state index contributed by atoms with van der Waals surface area (Å²) < 4.78 is 27.9. The molecule has 0 amide bonds. The van der Waals surface area contributed by atoms with Gasteiger partial charge in [0.15, 0.2) is 15.1 Å². The Hall–Kier alpha value is -1.36. The summed E-state index contributed by atoms with van der Waals surface area (Å²) in [5.74, 6) is -0.682. The van der Waals surface area contributed by atoms with Crippen LogP contribution in [-0.4, -0.2) is 32.5 Å². The van der Waals surface area contributed by atoms with E-state index in [2.05, 4.69) is 0 Å².